The van der Waals surface area contributed by atoms with E-state index in [-0.39, 0.29) is 4.90 Å². The fraction of sp³-hybridized carbons (Fsp3) is 0.263. The van der Waals surface area contributed by atoms with Gasteiger partial charge in [0.1, 0.15) is 5.75 Å². The molecular weight excluding hydrogens is 416 g/mol. The van der Waals surface area contributed by atoms with Gasteiger partial charge in [-0.25, -0.2) is 8.42 Å². The van der Waals surface area contributed by atoms with Crippen LogP contribution in [0, 0.1) is 0 Å². The second-order valence-corrected chi connectivity index (χ2v) is 10.1. The van der Waals surface area contributed by atoms with Gasteiger partial charge in [-0.05, 0) is 42.7 Å². The van der Waals surface area contributed by atoms with Gasteiger partial charge < -0.3 is 9.30 Å². The maximum Gasteiger partial charge on any atom is 0.279 e. The zero-order valence-corrected chi connectivity index (χ0v) is 18.2. The zero-order valence-electron chi connectivity index (χ0n) is 15.7. The molecule has 28 heavy (non-hydrogen) atoms. The Hall–Kier alpha value is -2.10. The van der Waals surface area contributed by atoms with Crippen molar-refractivity contribution in [1.29, 1.82) is 0 Å². The van der Waals surface area contributed by atoms with Crippen LogP contribution in [0.15, 0.2) is 52.4 Å². The number of hydrogen-bond donors (Lipinski definition) is 0. The summed E-state index contributed by atoms with van der Waals surface area (Å²) in [6.45, 7) is 0.716. The van der Waals surface area contributed by atoms with Gasteiger partial charge in [0.25, 0.3) is 5.91 Å². The zero-order chi connectivity index (χ0) is 20.3. The Morgan fingerprint density at radius 3 is 2.54 bits per heavy atom. The predicted octanol–water partition coefficient (Wildman–Crippen LogP) is 3.22. The summed E-state index contributed by atoms with van der Waals surface area (Å²) in [7, 11) is -1.68. The van der Waals surface area contributed by atoms with Gasteiger partial charge in [-0.15, -0.1) is 0 Å². The number of benzene rings is 2. The van der Waals surface area contributed by atoms with E-state index >= 15 is 0 Å². The molecule has 148 valence electrons. The third-order valence-electron chi connectivity index (χ3n) is 4.13. The predicted molar refractivity (Wildman–Crippen MR) is 114 cm³/mol. The number of rotatable bonds is 6. The van der Waals surface area contributed by atoms with Crippen molar-refractivity contribution in [3.8, 4) is 5.75 Å². The van der Waals surface area contributed by atoms with Gasteiger partial charge in [0.05, 0.1) is 22.2 Å². The normalized spacial score (nSPS) is 12.5. The summed E-state index contributed by atoms with van der Waals surface area (Å²) in [5.41, 5.74) is 1.32. The molecule has 1 heterocycles. The molecular formula is C19H20N2O4S3. The molecule has 0 N–H and O–H groups in total. The highest BCUT2D eigenvalue weighted by Crippen LogP contribution is 2.23. The third kappa shape index (κ3) is 4.48. The fourth-order valence-corrected chi connectivity index (χ4v) is 4.69. The van der Waals surface area contributed by atoms with Gasteiger partial charge in [-0.1, -0.05) is 11.3 Å². The van der Waals surface area contributed by atoms with Crippen LogP contribution in [0.4, 0.5) is 0 Å². The second kappa shape index (κ2) is 8.50. The second-order valence-electron chi connectivity index (χ2n) is 6.08. The van der Waals surface area contributed by atoms with Gasteiger partial charge in [-0.2, -0.15) is 16.8 Å². The summed E-state index contributed by atoms with van der Waals surface area (Å²) in [4.78, 5) is 17.7. The number of amides is 1. The van der Waals surface area contributed by atoms with E-state index in [1.165, 1.54) is 35.6 Å². The van der Waals surface area contributed by atoms with Crippen molar-refractivity contribution in [2.75, 3.05) is 25.4 Å². The van der Waals surface area contributed by atoms with E-state index in [0.717, 1.165) is 28.0 Å². The van der Waals surface area contributed by atoms with Crippen LogP contribution in [0.2, 0.25) is 0 Å². The van der Waals surface area contributed by atoms with Gasteiger partial charge in [0.15, 0.2) is 14.6 Å². The van der Waals surface area contributed by atoms with Crippen LogP contribution in [0.5, 0.6) is 5.75 Å². The Balaban J connectivity index is 2.05. The van der Waals surface area contributed by atoms with Crippen molar-refractivity contribution in [2.45, 2.75) is 11.4 Å². The highest BCUT2D eigenvalue weighted by molar-refractivity contribution is 7.98. The van der Waals surface area contributed by atoms with Crippen LogP contribution in [-0.4, -0.2) is 44.3 Å². The molecule has 6 nitrogen and oxygen atoms in total. The van der Waals surface area contributed by atoms with Crippen molar-refractivity contribution < 1.29 is 17.9 Å². The van der Waals surface area contributed by atoms with Gasteiger partial charge in [0.2, 0.25) is 0 Å². The number of carbonyl (C=O) groups excluding carboxylic acids is 1. The average Bonchev–Trinajstić information content (AvgIpc) is 3.01. The van der Waals surface area contributed by atoms with Gasteiger partial charge in [-0.3, -0.25) is 4.79 Å². The maximum absolute atomic E-state index is 12.6. The first-order chi connectivity index (χ1) is 13.3. The average molecular weight is 437 g/mol. The van der Waals surface area contributed by atoms with E-state index in [1.54, 1.807) is 18.9 Å². The van der Waals surface area contributed by atoms with E-state index in [9.17, 15) is 13.2 Å². The molecule has 0 atom stereocenters. The molecule has 9 heteroatoms. The van der Waals surface area contributed by atoms with Crippen molar-refractivity contribution in [3.05, 3.63) is 52.8 Å². The lowest BCUT2D eigenvalue weighted by Crippen LogP contribution is -2.18. The first-order valence-electron chi connectivity index (χ1n) is 8.39. The van der Waals surface area contributed by atoms with Crippen molar-refractivity contribution in [1.82, 2.24) is 4.57 Å². The highest BCUT2D eigenvalue weighted by atomic mass is 32.2. The topological polar surface area (TPSA) is 77.7 Å². The minimum atomic E-state index is -3.30. The summed E-state index contributed by atoms with van der Waals surface area (Å²) < 4.78 is 31.5. The number of methoxy groups -OCH3 is 1. The SMILES string of the molecule is COc1ccc2sc(=NC(=O)c3ccc(S(C)(=O)=O)cc3)n(CCSC)c2c1. The lowest BCUT2D eigenvalue weighted by atomic mass is 10.2. The van der Waals surface area contributed by atoms with E-state index in [0.29, 0.717) is 16.9 Å². The minimum Gasteiger partial charge on any atom is -0.497 e. The number of ether oxygens (including phenoxy) is 1. The first-order valence-corrected chi connectivity index (χ1v) is 12.5. The maximum atomic E-state index is 12.6. The number of fused-ring (bicyclic) bond motifs is 1. The Morgan fingerprint density at radius 2 is 1.93 bits per heavy atom. The molecule has 2 aromatic carbocycles. The molecule has 0 aliphatic heterocycles. The minimum absolute atomic E-state index is 0.174. The number of thioether (sulfide) groups is 1. The van der Waals surface area contributed by atoms with Crippen LogP contribution in [0.1, 0.15) is 10.4 Å². The molecule has 0 unspecified atom stereocenters. The number of hydrogen-bond acceptors (Lipinski definition) is 6. The summed E-state index contributed by atoms with van der Waals surface area (Å²) >= 11 is 3.15. The van der Waals surface area contributed by atoms with Crippen LogP contribution in [0.25, 0.3) is 10.2 Å². The smallest absolute Gasteiger partial charge is 0.279 e. The van der Waals surface area contributed by atoms with Crippen LogP contribution in [-0.2, 0) is 16.4 Å². The van der Waals surface area contributed by atoms with Crippen molar-refractivity contribution in [3.63, 3.8) is 0 Å². The fourth-order valence-electron chi connectivity index (χ4n) is 2.66. The largest absolute Gasteiger partial charge is 0.497 e. The molecule has 3 rings (SSSR count). The first kappa shape index (κ1) is 20.6. The number of nitrogens with zero attached hydrogens (tertiary/aromatic N) is 2. The summed E-state index contributed by atoms with van der Waals surface area (Å²) in [5.74, 6) is 1.22. The molecule has 3 aromatic rings. The van der Waals surface area contributed by atoms with E-state index in [4.69, 9.17) is 4.74 Å². The molecule has 0 spiro atoms. The number of sulfone groups is 1. The molecule has 0 aliphatic carbocycles. The van der Waals surface area contributed by atoms with Crippen LogP contribution < -0.4 is 9.54 Å². The lowest BCUT2D eigenvalue weighted by molar-refractivity contribution is 0.0997. The number of thiazole rings is 1. The van der Waals surface area contributed by atoms with Crippen LogP contribution >= 0.6 is 23.1 Å². The van der Waals surface area contributed by atoms with Gasteiger partial charge in [0, 0.05) is 30.2 Å². The number of aryl methyl sites for hydroxylation is 1. The van der Waals surface area contributed by atoms with Gasteiger partial charge >= 0.3 is 0 Å². The monoisotopic (exact) mass is 436 g/mol. The Bertz CT molecular complexity index is 1180. The molecule has 1 amide bonds. The van der Waals surface area contributed by atoms with Crippen molar-refractivity contribution in [2.24, 2.45) is 4.99 Å². The number of aromatic nitrogens is 1. The Labute approximate surface area is 171 Å². The summed E-state index contributed by atoms with van der Waals surface area (Å²) in [6, 6.07) is 11.6. The number of carbonyl (C=O) groups is 1. The van der Waals surface area contributed by atoms with E-state index in [2.05, 4.69) is 4.99 Å². The standard InChI is InChI=1S/C19H20N2O4S3/c1-25-14-6-9-17-16(12-14)21(10-11-26-2)19(27-17)20-18(22)13-4-7-15(8-5-13)28(3,23)24/h4-9,12H,10-11H2,1-3H3. The van der Waals surface area contributed by atoms with Crippen molar-refractivity contribution >= 4 is 49.1 Å². The molecule has 0 aliphatic rings. The molecule has 0 fully saturated rings. The molecule has 1 aromatic heterocycles. The lowest BCUT2D eigenvalue weighted by Gasteiger charge is -2.05. The summed E-state index contributed by atoms with van der Waals surface area (Å²) in [6.07, 6.45) is 3.16. The Morgan fingerprint density at radius 1 is 1.21 bits per heavy atom. The summed E-state index contributed by atoms with van der Waals surface area (Å²) in [5, 5.41) is 0. The molecule has 0 radical (unpaired) electrons. The highest BCUT2D eigenvalue weighted by Gasteiger charge is 2.12. The molecule has 0 saturated carbocycles. The quantitative estimate of drug-likeness (QED) is 0.593. The Kier molecular flexibility index (Phi) is 6.26. The molecule has 0 saturated heterocycles. The van der Waals surface area contributed by atoms with E-state index in [1.807, 2.05) is 29.0 Å². The third-order valence-corrected chi connectivity index (χ3v) is 6.91. The molecule has 0 bridgehead atoms. The van der Waals surface area contributed by atoms with Crippen LogP contribution in [0.3, 0.4) is 0 Å². The van der Waals surface area contributed by atoms with E-state index < -0.39 is 15.7 Å².